The molecule has 4 heteroatoms. The molecule has 2 aromatic rings. The smallest absolute Gasteiger partial charge is 0.196 e. The number of hydrogen-bond acceptors (Lipinski definition) is 3. The van der Waals surface area contributed by atoms with Gasteiger partial charge in [0.2, 0.25) is 0 Å². The van der Waals surface area contributed by atoms with Crippen LogP contribution >= 0.6 is 11.6 Å². The van der Waals surface area contributed by atoms with Crippen molar-refractivity contribution in [2.24, 2.45) is 0 Å². The lowest BCUT2D eigenvalue weighted by atomic mass is 10.0. The molecule has 0 saturated carbocycles. The number of benzene rings is 2. The number of methoxy groups -OCH3 is 2. The number of carbonyl (C=O) groups excluding carboxylic acids is 1. The minimum atomic E-state index is -0.150. The summed E-state index contributed by atoms with van der Waals surface area (Å²) in [5.41, 5.74) is 1.90. The fraction of sp³-hybridized carbons (Fsp3) is 0.188. The summed E-state index contributed by atoms with van der Waals surface area (Å²) in [4.78, 5) is 12.6. The first-order chi connectivity index (χ1) is 9.56. The third-order valence-electron chi connectivity index (χ3n) is 3.09. The zero-order valence-electron chi connectivity index (χ0n) is 11.6. The van der Waals surface area contributed by atoms with E-state index in [0.29, 0.717) is 27.6 Å². The Hall–Kier alpha value is -2.00. The van der Waals surface area contributed by atoms with E-state index in [1.807, 2.05) is 13.0 Å². The molecule has 0 aliphatic heterocycles. The first-order valence-corrected chi connectivity index (χ1v) is 6.47. The van der Waals surface area contributed by atoms with E-state index in [4.69, 9.17) is 21.1 Å². The van der Waals surface area contributed by atoms with Crippen LogP contribution in [-0.4, -0.2) is 20.0 Å². The first-order valence-electron chi connectivity index (χ1n) is 6.09. The molecule has 0 bridgehead atoms. The van der Waals surface area contributed by atoms with Crippen LogP contribution < -0.4 is 9.47 Å². The van der Waals surface area contributed by atoms with Crippen LogP contribution in [0.25, 0.3) is 0 Å². The van der Waals surface area contributed by atoms with Gasteiger partial charge in [0.1, 0.15) is 11.5 Å². The summed E-state index contributed by atoms with van der Waals surface area (Å²) in [7, 11) is 3.08. The fourth-order valence-corrected chi connectivity index (χ4v) is 2.06. The molecule has 0 N–H and O–H groups in total. The second-order valence-electron chi connectivity index (χ2n) is 4.36. The van der Waals surface area contributed by atoms with Crippen LogP contribution in [0.5, 0.6) is 11.5 Å². The predicted molar refractivity (Wildman–Crippen MR) is 79.2 cm³/mol. The number of carbonyl (C=O) groups is 1. The van der Waals surface area contributed by atoms with E-state index in [2.05, 4.69) is 0 Å². The van der Waals surface area contributed by atoms with E-state index < -0.39 is 0 Å². The molecular formula is C16H15ClO3. The molecule has 20 heavy (non-hydrogen) atoms. The maximum atomic E-state index is 12.6. The molecule has 0 aromatic heterocycles. The Balaban J connectivity index is 2.48. The lowest BCUT2D eigenvalue weighted by Crippen LogP contribution is -2.04. The molecule has 0 aliphatic rings. The third-order valence-corrected chi connectivity index (χ3v) is 3.49. The van der Waals surface area contributed by atoms with Crippen molar-refractivity contribution in [1.82, 2.24) is 0 Å². The molecule has 0 amide bonds. The number of halogens is 1. The zero-order chi connectivity index (χ0) is 14.7. The molecule has 0 spiro atoms. The van der Waals surface area contributed by atoms with E-state index >= 15 is 0 Å². The van der Waals surface area contributed by atoms with Crippen LogP contribution in [0.15, 0.2) is 36.4 Å². The lowest BCUT2D eigenvalue weighted by molar-refractivity contribution is 0.103. The topological polar surface area (TPSA) is 35.5 Å². The van der Waals surface area contributed by atoms with Crippen molar-refractivity contribution in [2.45, 2.75) is 6.92 Å². The van der Waals surface area contributed by atoms with Gasteiger partial charge in [0.15, 0.2) is 5.78 Å². The maximum Gasteiger partial charge on any atom is 0.196 e. The van der Waals surface area contributed by atoms with Crippen molar-refractivity contribution in [2.75, 3.05) is 14.2 Å². The SMILES string of the molecule is COc1ccc(OC)c(C(=O)c2ccc(C)c(Cl)c2)c1. The Morgan fingerprint density at radius 2 is 1.80 bits per heavy atom. The average molecular weight is 291 g/mol. The fourth-order valence-electron chi connectivity index (χ4n) is 1.88. The molecule has 0 atom stereocenters. The number of ketones is 1. The summed E-state index contributed by atoms with van der Waals surface area (Å²) < 4.78 is 10.4. The maximum absolute atomic E-state index is 12.6. The van der Waals surface area contributed by atoms with E-state index in [-0.39, 0.29) is 5.78 Å². The second-order valence-corrected chi connectivity index (χ2v) is 4.77. The molecule has 3 nitrogen and oxygen atoms in total. The Kier molecular flexibility index (Phi) is 4.30. The Morgan fingerprint density at radius 1 is 1.05 bits per heavy atom. The van der Waals surface area contributed by atoms with Gasteiger partial charge >= 0.3 is 0 Å². The number of hydrogen-bond donors (Lipinski definition) is 0. The second kappa shape index (κ2) is 5.97. The highest BCUT2D eigenvalue weighted by Gasteiger charge is 2.16. The number of rotatable bonds is 4. The van der Waals surface area contributed by atoms with Gasteiger partial charge in [-0.3, -0.25) is 4.79 Å². The van der Waals surface area contributed by atoms with Gasteiger partial charge in [0.25, 0.3) is 0 Å². The van der Waals surface area contributed by atoms with E-state index in [1.54, 1.807) is 37.4 Å². The molecule has 0 radical (unpaired) electrons. The van der Waals surface area contributed by atoms with Gasteiger partial charge in [-0.15, -0.1) is 0 Å². The molecular weight excluding hydrogens is 276 g/mol. The van der Waals surface area contributed by atoms with Crippen molar-refractivity contribution in [1.29, 1.82) is 0 Å². The summed E-state index contributed by atoms with van der Waals surface area (Å²) in [6.45, 7) is 1.89. The van der Waals surface area contributed by atoms with Crippen molar-refractivity contribution >= 4 is 17.4 Å². The van der Waals surface area contributed by atoms with Crippen LogP contribution in [0, 0.1) is 6.92 Å². The van der Waals surface area contributed by atoms with E-state index in [9.17, 15) is 4.79 Å². The minimum Gasteiger partial charge on any atom is -0.497 e. The molecule has 0 unspecified atom stereocenters. The van der Waals surface area contributed by atoms with Crippen LogP contribution in [0.1, 0.15) is 21.5 Å². The van der Waals surface area contributed by atoms with Crippen LogP contribution in [0.2, 0.25) is 5.02 Å². The summed E-state index contributed by atoms with van der Waals surface area (Å²) >= 11 is 6.07. The van der Waals surface area contributed by atoms with Gasteiger partial charge in [-0.2, -0.15) is 0 Å². The monoisotopic (exact) mass is 290 g/mol. The predicted octanol–water partition coefficient (Wildman–Crippen LogP) is 3.90. The highest BCUT2D eigenvalue weighted by Crippen LogP contribution is 2.27. The van der Waals surface area contributed by atoms with Crippen molar-refractivity contribution in [3.05, 3.63) is 58.1 Å². The van der Waals surface area contributed by atoms with Crippen LogP contribution in [-0.2, 0) is 0 Å². The molecule has 2 rings (SSSR count). The van der Waals surface area contributed by atoms with Crippen molar-refractivity contribution in [3.8, 4) is 11.5 Å². The summed E-state index contributed by atoms with van der Waals surface area (Å²) in [6.07, 6.45) is 0. The third kappa shape index (κ3) is 2.78. The molecule has 0 fully saturated rings. The molecule has 104 valence electrons. The summed E-state index contributed by atoms with van der Waals surface area (Å²) in [5.74, 6) is 0.961. The van der Waals surface area contributed by atoms with Gasteiger partial charge in [-0.1, -0.05) is 23.7 Å². The van der Waals surface area contributed by atoms with Gasteiger partial charge in [-0.05, 0) is 36.8 Å². The zero-order valence-corrected chi connectivity index (χ0v) is 12.3. The normalized spacial score (nSPS) is 10.2. The summed E-state index contributed by atoms with van der Waals surface area (Å²) in [5, 5.41) is 0.567. The molecule has 0 aliphatic carbocycles. The van der Waals surface area contributed by atoms with Crippen molar-refractivity contribution < 1.29 is 14.3 Å². The Morgan fingerprint density at radius 3 is 2.40 bits per heavy atom. The van der Waals surface area contributed by atoms with Crippen LogP contribution in [0.3, 0.4) is 0 Å². The molecule has 2 aromatic carbocycles. The van der Waals surface area contributed by atoms with Crippen molar-refractivity contribution in [3.63, 3.8) is 0 Å². The van der Waals surface area contributed by atoms with E-state index in [1.165, 1.54) is 7.11 Å². The first kappa shape index (κ1) is 14.4. The quantitative estimate of drug-likeness (QED) is 0.801. The van der Waals surface area contributed by atoms with Gasteiger partial charge in [0, 0.05) is 10.6 Å². The average Bonchev–Trinajstić information content (AvgIpc) is 2.48. The standard InChI is InChI=1S/C16H15ClO3/c1-10-4-5-11(8-14(10)17)16(18)13-9-12(19-2)6-7-15(13)20-3/h4-9H,1-3H3. The number of ether oxygens (including phenoxy) is 2. The Bertz CT molecular complexity index is 650. The number of aryl methyl sites for hydroxylation is 1. The minimum absolute atomic E-state index is 0.150. The Labute approximate surface area is 123 Å². The molecule has 0 saturated heterocycles. The highest BCUT2D eigenvalue weighted by atomic mass is 35.5. The van der Waals surface area contributed by atoms with Crippen LogP contribution in [0.4, 0.5) is 0 Å². The summed E-state index contributed by atoms with van der Waals surface area (Å²) in [6, 6.07) is 10.4. The van der Waals surface area contributed by atoms with Gasteiger partial charge in [0.05, 0.1) is 19.8 Å². The van der Waals surface area contributed by atoms with Gasteiger partial charge in [-0.25, -0.2) is 0 Å². The highest BCUT2D eigenvalue weighted by molar-refractivity contribution is 6.32. The van der Waals surface area contributed by atoms with E-state index in [0.717, 1.165) is 5.56 Å². The largest absolute Gasteiger partial charge is 0.497 e. The molecule has 0 heterocycles. The van der Waals surface area contributed by atoms with Gasteiger partial charge < -0.3 is 9.47 Å². The lowest BCUT2D eigenvalue weighted by Gasteiger charge is -2.10.